The summed E-state index contributed by atoms with van der Waals surface area (Å²) >= 11 is 2.39. The largest absolute Gasteiger partial charge is 0.479 e. The molecule has 0 spiro atoms. The molecule has 3 nitrogen and oxygen atoms in total. The van der Waals surface area contributed by atoms with Crippen LogP contribution in [0, 0.1) is 0 Å². The first-order chi connectivity index (χ1) is 6.95. The van der Waals surface area contributed by atoms with E-state index in [1.54, 1.807) is 7.11 Å². The highest BCUT2D eigenvalue weighted by Gasteiger charge is 2.40. The summed E-state index contributed by atoms with van der Waals surface area (Å²) in [6.45, 7) is 8.71. The van der Waals surface area contributed by atoms with E-state index in [1.165, 1.54) is 0 Å². The van der Waals surface area contributed by atoms with Crippen LogP contribution in [0.15, 0.2) is 0 Å². The average Bonchev–Trinajstić information content (AvgIpc) is 2.12. The first-order valence-electron chi connectivity index (χ1n) is 5.42. The molecule has 0 aromatic carbocycles. The number of rotatable bonds is 8. The summed E-state index contributed by atoms with van der Waals surface area (Å²) in [5, 5.41) is 0. The first-order valence-corrected chi connectivity index (χ1v) is 14.4. The zero-order chi connectivity index (χ0) is 11.9. The summed E-state index contributed by atoms with van der Waals surface area (Å²) in [4.78, 5) is 0. The standard InChI is InChI=1S/C8H23IO3Si3/c1-10-15(8-6-7-9,11-13(2)3)12-14(4)5/h13-14H,6-8H2,1-5H3. The molecule has 0 aromatic heterocycles. The van der Waals surface area contributed by atoms with E-state index >= 15 is 0 Å². The summed E-state index contributed by atoms with van der Waals surface area (Å²) in [7, 11) is -2.72. The molecular formula is C8H23IO3Si3. The van der Waals surface area contributed by atoms with Crippen molar-refractivity contribution in [2.45, 2.75) is 38.7 Å². The lowest BCUT2D eigenvalue weighted by Crippen LogP contribution is -2.50. The summed E-state index contributed by atoms with van der Waals surface area (Å²) in [6, 6.07) is 0.975. The van der Waals surface area contributed by atoms with Crippen molar-refractivity contribution in [1.29, 1.82) is 0 Å². The molecule has 0 aliphatic carbocycles. The molecule has 0 aromatic rings. The molecule has 0 aliphatic heterocycles. The van der Waals surface area contributed by atoms with Crippen LogP contribution in [-0.2, 0) is 12.7 Å². The number of halogens is 1. The quantitative estimate of drug-likeness (QED) is 0.369. The Morgan fingerprint density at radius 2 is 1.53 bits per heavy atom. The summed E-state index contributed by atoms with van der Waals surface area (Å²) in [5.74, 6) is 0. The Kier molecular flexibility index (Phi) is 9.07. The fraction of sp³-hybridized carbons (Fsp3) is 1.00. The monoisotopic (exact) mass is 378 g/mol. The van der Waals surface area contributed by atoms with Crippen LogP contribution in [0.2, 0.25) is 32.2 Å². The third-order valence-electron chi connectivity index (χ3n) is 1.76. The van der Waals surface area contributed by atoms with E-state index in [-0.39, 0.29) is 0 Å². The van der Waals surface area contributed by atoms with Crippen molar-refractivity contribution in [2.75, 3.05) is 11.5 Å². The molecular weight excluding hydrogens is 355 g/mol. The van der Waals surface area contributed by atoms with Crippen molar-refractivity contribution in [3.05, 3.63) is 0 Å². The van der Waals surface area contributed by atoms with Crippen LogP contribution in [0.3, 0.4) is 0 Å². The Bertz CT molecular complexity index is 159. The average molecular weight is 378 g/mol. The van der Waals surface area contributed by atoms with Crippen LogP contribution in [0.25, 0.3) is 0 Å². The van der Waals surface area contributed by atoms with E-state index in [2.05, 4.69) is 48.8 Å². The minimum Gasteiger partial charge on any atom is -0.419 e. The van der Waals surface area contributed by atoms with Crippen molar-refractivity contribution < 1.29 is 12.7 Å². The Balaban J connectivity index is 4.44. The molecule has 0 radical (unpaired) electrons. The van der Waals surface area contributed by atoms with Crippen molar-refractivity contribution in [2.24, 2.45) is 0 Å². The van der Waals surface area contributed by atoms with E-state index in [0.717, 1.165) is 16.9 Å². The topological polar surface area (TPSA) is 27.7 Å². The molecule has 7 heteroatoms. The summed E-state index contributed by atoms with van der Waals surface area (Å²) in [6.07, 6.45) is 1.13. The van der Waals surface area contributed by atoms with E-state index < -0.39 is 26.9 Å². The van der Waals surface area contributed by atoms with Crippen molar-refractivity contribution in [3.8, 4) is 0 Å². The Hall–Kier alpha value is 1.26. The molecule has 0 saturated heterocycles. The fourth-order valence-corrected chi connectivity index (χ4v) is 11.4. The Morgan fingerprint density at radius 3 is 1.80 bits per heavy atom. The highest BCUT2D eigenvalue weighted by atomic mass is 127. The van der Waals surface area contributed by atoms with Crippen LogP contribution in [-0.4, -0.2) is 38.4 Å². The van der Waals surface area contributed by atoms with E-state index in [0.29, 0.717) is 0 Å². The van der Waals surface area contributed by atoms with Crippen LogP contribution >= 0.6 is 22.6 Å². The number of hydrogen-bond donors (Lipinski definition) is 0. The minimum atomic E-state index is -2.30. The van der Waals surface area contributed by atoms with Crippen LogP contribution in [0.5, 0.6) is 0 Å². The van der Waals surface area contributed by atoms with E-state index in [4.69, 9.17) is 12.7 Å². The molecule has 92 valence electrons. The second kappa shape index (κ2) is 8.37. The van der Waals surface area contributed by atoms with Crippen LogP contribution in [0.1, 0.15) is 6.42 Å². The molecule has 0 aliphatic rings. The van der Waals surface area contributed by atoms with Gasteiger partial charge in [-0.3, -0.25) is 0 Å². The van der Waals surface area contributed by atoms with Gasteiger partial charge in [-0.15, -0.1) is 0 Å². The lowest BCUT2D eigenvalue weighted by Gasteiger charge is -2.32. The number of hydrogen-bond acceptors (Lipinski definition) is 3. The fourth-order valence-electron chi connectivity index (χ4n) is 1.35. The van der Waals surface area contributed by atoms with Gasteiger partial charge in [0, 0.05) is 13.2 Å². The van der Waals surface area contributed by atoms with Crippen molar-refractivity contribution in [1.82, 2.24) is 0 Å². The zero-order valence-corrected chi connectivity index (χ0v) is 15.8. The third kappa shape index (κ3) is 7.23. The SMILES string of the molecule is CO[Si](CCCI)(O[SiH](C)C)O[SiH](C)C. The zero-order valence-electron chi connectivity index (χ0n) is 10.4. The third-order valence-corrected chi connectivity index (χ3v) is 10.8. The molecule has 0 atom stereocenters. The summed E-state index contributed by atoms with van der Waals surface area (Å²) < 4.78 is 18.9. The first kappa shape index (κ1) is 16.3. The second-order valence-electron chi connectivity index (χ2n) is 4.01. The van der Waals surface area contributed by atoms with Gasteiger partial charge >= 0.3 is 8.80 Å². The normalized spacial score (nSPS) is 12.8. The van der Waals surface area contributed by atoms with Gasteiger partial charge in [-0.25, -0.2) is 0 Å². The van der Waals surface area contributed by atoms with Gasteiger partial charge in [0.1, 0.15) is 0 Å². The van der Waals surface area contributed by atoms with E-state index in [9.17, 15) is 0 Å². The maximum absolute atomic E-state index is 6.06. The predicted octanol–water partition coefficient (Wildman–Crippen LogP) is 2.40. The maximum Gasteiger partial charge on any atom is 0.479 e. The van der Waals surface area contributed by atoms with Gasteiger partial charge in [-0.05, 0) is 37.0 Å². The molecule has 0 rings (SSSR count). The van der Waals surface area contributed by atoms with Gasteiger partial charge in [0.25, 0.3) is 0 Å². The molecule has 0 N–H and O–H groups in total. The van der Waals surface area contributed by atoms with Gasteiger partial charge < -0.3 is 12.7 Å². The van der Waals surface area contributed by atoms with Gasteiger partial charge in [0.05, 0.1) is 0 Å². The highest BCUT2D eigenvalue weighted by molar-refractivity contribution is 14.1. The molecule has 0 bridgehead atoms. The Labute approximate surface area is 112 Å². The van der Waals surface area contributed by atoms with Gasteiger partial charge in [-0.2, -0.15) is 0 Å². The number of alkyl halides is 1. The molecule has 15 heavy (non-hydrogen) atoms. The molecule has 0 unspecified atom stereocenters. The highest BCUT2D eigenvalue weighted by Crippen LogP contribution is 2.20. The lowest BCUT2D eigenvalue weighted by atomic mass is 10.6. The Morgan fingerprint density at radius 1 is 1.07 bits per heavy atom. The predicted molar refractivity (Wildman–Crippen MR) is 81.0 cm³/mol. The van der Waals surface area contributed by atoms with Gasteiger partial charge in [0.15, 0.2) is 18.1 Å². The molecule has 0 heterocycles. The van der Waals surface area contributed by atoms with E-state index in [1.807, 2.05) is 0 Å². The summed E-state index contributed by atoms with van der Waals surface area (Å²) in [5.41, 5.74) is 0. The second-order valence-corrected chi connectivity index (χ2v) is 13.4. The van der Waals surface area contributed by atoms with Crippen molar-refractivity contribution >= 4 is 49.5 Å². The minimum absolute atomic E-state index is 0.975. The van der Waals surface area contributed by atoms with Gasteiger partial charge in [0.2, 0.25) is 0 Å². The van der Waals surface area contributed by atoms with Crippen LogP contribution in [0.4, 0.5) is 0 Å². The molecule has 0 saturated carbocycles. The molecule has 0 amide bonds. The van der Waals surface area contributed by atoms with Crippen molar-refractivity contribution in [3.63, 3.8) is 0 Å². The molecule has 0 fully saturated rings. The van der Waals surface area contributed by atoms with Gasteiger partial charge in [-0.1, -0.05) is 22.6 Å². The van der Waals surface area contributed by atoms with Crippen LogP contribution < -0.4 is 0 Å². The smallest absolute Gasteiger partial charge is 0.419 e. The lowest BCUT2D eigenvalue weighted by molar-refractivity contribution is 0.207. The maximum atomic E-state index is 6.06.